The number of hydrogen-bond donors (Lipinski definition) is 1. The smallest absolute Gasteiger partial charge is 0.253 e. The second kappa shape index (κ2) is 9.75. The number of benzene rings is 2. The number of amides is 3. The Hall–Kier alpha value is -3.55. The van der Waals surface area contributed by atoms with Crippen LogP contribution in [0.25, 0.3) is 0 Å². The summed E-state index contributed by atoms with van der Waals surface area (Å²) in [5, 5.41) is 2.94. The third-order valence-electron chi connectivity index (χ3n) is 6.64. The maximum atomic E-state index is 12.8. The average molecular weight is 464 g/mol. The summed E-state index contributed by atoms with van der Waals surface area (Å²) in [5.41, 5.74) is 2.29. The van der Waals surface area contributed by atoms with Crippen molar-refractivity contribution in [1.82, 2.24) is 10.2 Å². The second-order valence-corrected chi connectivity index (χ2v) is 9.00. The van der Waals surface area contributed by atoms with Gasteiger partial charge in [0.1, 0.15) is 13.2 Å². The third kappa shape index (κ3) is 4.71. The van der Waals surface area contributed by atoms with Gasteiger partial charge in [0.15, 0.2) is 11.5 Å². The van der Waals surface area contributed by atoms with E-state index in [1.54, 1.807) is 17.0 Å². The summed E-state index contributed by atoms with van der Waals surface area (Å²) in [6, 6.07) is 12.8. The number of nitrogens with zero attached hydrogens (tertiary/aromatic N) is 2. The highest BCUT2D eigenvalue weighted by Crippen LogP contribution is 2.36. The Labute approximate surface area is 198 Å². The lowest BCUT2D eigenvalue weighted by Crippen LogP contribution is -2.35. The molecule has 3 aliphatic heterocycles. The van der Waals surface area contributed by atoms with E-state index in [4.69, 9.17) is 9.47 Å². The molecule has 8 nitrogen and oxygen atoms in total. The molecule has 0 aromatic heterocycles. The average Bonchev–Trinajstić information content (AvgIpc) is 3.29. The highest BCUT2D eigenvalue weighted by molar-refractivity contribution is 6.00. The van der Waals surface area contributed by atoms with Crippen LogP contribution in [-0.4, -0.2) is 55.5 Å². The molecule has 0 saturated carbocycles. The molecule has 0 radical (unpaired) electrons. The Morgan fingerprint density at radius 1 is 0.941 bits per heavy atom. The molecule has 3 amide bonds. The van der Waals surface area contributed by atoms with Crippen molar-refractivity contribution in [2.75, 3.05) is 37.7 Å². The number of carbonyl (C=O) groups excluding carboxylic acids is 3. The molecule has 5 rings (SSSR count). The Morgan fingerprint density at radius 3 is 2.44 bits per heavy atom. The predicted molar refractivity (Wildman–Crippen MR) is 126 cm³/mol. The van der Waals surface area contributed by atoms with Crippen LogP contribution in [0.2, 0.25) is 0 Å². The minimum absolute atomic E-state index is 0.0685. The lowest BCUT2D eigenvalue weighted by atomic mass is 10.1. The van der Waals surface area contributed by atoms with Gasteiger partial charge in [-0.2, -0.15) is 0 Å². The zero-order valence-electron chi connectivity index (χ0n) is 19.1. The van der Waals surface area contributed by atoms with Gasteiger partial charge in [0.05, 0.1) is 5.92 Å². The summed E-state index contributed by atoms with van der Waals surface area (Å²) >= 11 is 0. The van der Waals surface area contributed by atoms with Crippen molar-refractivity contribution >= 4 is 23.4 Å². The van der Waals surface area contributed by atoms with Crippen LogP contribution in [0.5, 0.6) is 11.5 Å². The van der Waals surface area contributed by atoms with E-state index in [-0.39, 0.29) is 24.1 Å². The van der Waals surface area contributed by atoms with E-state index >= 15 is 0 Å². The van der Waals surface area contributed by atoms with Crippen molar-refractivity contribution < 1.29 is 23.9 Å². The molecule has 0 bridgehead atoms. The largest absolute Gasteiger partial charge is 0.486 e. The number of likely N-dealkylation sites (tertiary alicyclic amines) is 1. The molecule has 0 spiro atoms. The fourth-order valence-corrected chi connectivity index (χ4v) is 4.71. The fourth-order valence-electron chi connectivity index (χ4n) is 4.71. The number of fused-ring (bicyclic) bond motifs is 1. The minimum atomic E-state index is -0.416. The SMILES string of the molecule is O=C(NCc1ccc(C(=O)N2CCCCC2)cc1)[C@H]1CC(=O)N(c2ccc3c(c2)OCCO3)C1. The van der Waals surface area contributed by atoms with Crippen LogP contribution in [0.1, 0.15) is 41.6 Å². The number of anilines is 1. The van der Waals surface area contributed by atoms with Gasteiger partial charge in [0.2, 0.25) is 11.8 Å². The summed E-state index contributed by atoms with van der Waals surface area (Å²) in [6.07, 6.45) is 3.48. The van der Waals surface area contributed by atoms with Crippen molar-refractivity contribution in [2.45, 2.75) is 32.2 Å². The van der Waals surface area contributed by atoms with Gasteiger partial charge in [-0.1, -0.05) is 12.1 Å². The quantitative estimate of drug-likeness (QED) is 0.737. The first-order valence-corrected chi connectivity index (χ1v) is 11.9. The minimum Gasteiger partial charge on any atom is -0.486 e. The van der Waals surface area contributed by atoms with Gasteiger partial charge in [0.25, 0.3) is 5.91 Å². The molecule has 0 unspecified atom stereocenters. The van der Waals surface area contributed by atoms with Gasteiger partial charge in [0, 0.05) is 49.9 Å². The van der Waals surface area contributed by atoms with E-state index in [0.717, 1.165) is 31.5 Å². The first-order valence-electron chi connectivity index (χ1n) is 11.9. The first-order chi connectivity index (χ1) is 16.6. The molecule has 3 heterocycles. The van der Waals surface area contributed by atoms with Crippen molar-refractivity contribution in [3.8, 4) is 11.5 Å². The summed E-state index contributed by atoms with van der Waals surface area (Å²) < 4.78 is 11.2. The highest BCUT2D eigenvalue weighted by Gasteiger charge is 2.35. The van der Waals surface area contributed by atoms with Crippen molar-refractivity contribution in [3.05, 3.63) is 53.6 Å². The lowest BCUT2D eigenvalue weighted by Gasteiger charge is -2.26. The topological polar surface area (TPSA) is 88.2 Å². The van der Waals surface area contributed by atoms with Gasteiger partial charge in [-0.25, -0.2) is 0 Å². The number of rotatable bonds is 5. The Balaban J connectivity index is 1.15. The summed E-state index contributed by atoms with van der Waals surface area (Å²) in [6.45, 7) is 3.30. The molecule has 2 fully saturated rings. The van der Waals surface area contributed by atoms with Crippen LogP contribution in [0.4, 0.5) is 5.69 Å². The molecule has 2 saturated heterocycles. The number of ether oxygens (including phenoxy) is 2. The summed E-state index contributed by atoms with van der Waals surface area (Å²) in [4.78, 5) is 41.5. The number of hydrogen-bond acceptors (Lipinski definition) is 5. The molecule has 2 aromatic carbocycles. The van der Waals surface area contributed by atoms with Crippen LogP contribution in [0.15, 0.2) is 42.5 Å². The Bertz CT molecular complexity index is 1080. The van der Waals surface area contributed by atoms with E-state index in [9.17, 15) is 14.4 Å². The molecule has 178 valence electrons. The molecule has 0 aliphatic carbocycles. The molecule has 1 atom stereocenters. The van der Waals surface area contributed by atoms with E-state index in [1.807, 2.05) is 35.2 Å². The first kappa shape index (κ1) is 22.3. The molecule has 8 heteroatoms. The third-order valence-corrected chi connectivity index (χ3v) is 6.64. The maximum absolute atomic E-state index is 12.8. The molecule has 2 aromatic rings. The van der Waals surface area contributed by atoms with Gasteiger partial charge < -0.3 is 24.6 Å². The van der Waals surface area contributed by atoms with Gasteiger partial charge in [-0.3, -0.25) is 14.4 Å². The lowest BCUT2D eigenvalue weighted by molar-refractivity contribution is -0.126. The normalized spacial score (nSPS) is 19.8. The van der Waals surface area contributed by atoms with Crippen LogP contribution in [0, 0.1) is 5.92 Å². The van der Waals surface area contributed by atoms with Crippen LogP contribution in [-0.2, 0) is 16.1 Å². The van der Waals surface area contributed by atoms with Crippen molar-refractivity contribution in [3.63, 3.8) is 0 Å². The van der Waals surface area contributed by atoms with Crippen molar-refractivity contribution in [2.24, 2.45) is 5.92 Å². The number of piperidine rings is 1. The van der Waals surface area contributed by atoms with Gasteiger partial charge in [-0.05, 0) is 49.1 Å². The zero-order valence-corrected chi connectivity index (χ0v) is 19.1. The molecule has 34 heavy (non-hydrogen) atoms. The molecular formula is C26H29N3O5. The van der Waals surface area contributed by atoms with E-state index < -0.39 is 5.92 Å². The maximum Gasteiger partial charge on any atom is 0.253 e. The summed E-state index contributed by atoms with van der Waals surface area (Å²) in [5.74, 6) is 0.699. The monoisotopic (exact) mass is 463 g/mol. The van der Waals surface area contributed by atoms with Crippen LogP contribution in [0.3, 0.4) is 0 Å². The van der Waals surface area contributed by atoms with Gasteiger partial charge >= 0.3 is 0 Å². The van der Waals surface area contributed by atoms with E-state index in [1.165, 1.54) is 6.42 Å². The predicted octanol–water partition coefficient (Wildman–Crippen LogP) is 2.75. The number of carbonyl (C=O) groups is 3. The Morgan fingerprint density at radius 2 is 1.68 bits per heavy atom. The molecule has 1 N–H and O–H groups in total. The van der Waals surface area contributed by atoms with Crippen LogP contribution >= 0.6 is 0 Å². The standard InChI is InChI=1S/C26H29N3O5/c30-24-14-20(17-29(24)21-8-9-22-23(15-21)34-13-12-33-22)25(31)27-16-18-4-6-19(7-5-18)26(32)28-10-2-1-3-11-28/h4-9,15,20H,1-3,10-14,16-17H2,(H,27,31)/t20-/m0/s1. The molecule has 3 aliphatic rings. The fraction of sp³-hybridized carbons (Fsp3) is 0.423. The number of nitrogens with one attached hydrogen (secondary N) is 1. The zero-order chi connectivity index (χ0) is 23.5. The molecular weight excluding hydrogens is 434 g/mol. The second-order valence-electron chi connectivity index (χ2n) is 9.00. The van der Waals surface area contributed by atoms with Crippen molar-refractivity contribution in [1.29, 1.82) is 0 Å². The van der Waals surface area contributed by atoms with E-state index in [0.29, 0.717) is 49.1 Å². The van der Waals surface area contributed by atoms with Crippen LogP contribution < -0.4 is 19.7 Å². The Kier molecular flexibility index (Phi) is 6.38. The highest BCUT2D eigenvalue weighted by atomic mass is 16.6. The van der Waals surface area contributed by atoms with E-state index in [2.05, 4.69) is 5.32 Å². The summed E-state index contributed by atoms with van der Waals surface area (Å²) in [7, 11) is 0. The van der Waals surface area contributed by atoms with Gasteiger partial charge in [-0.15, -0.1) is 0 Å².